The topological polar surface area (TPSA) is 75.2 Å². The average Bonchev–Trinajstić information content (AvgIpc) is 2.68. The quantitative estimate of drug-likeness (QED) is 0.889. The van der Waals surface area contributed by atoms with Crippen molar-refractivity contribution in [3.05, 3.63) is 24.3 Å². The Morgan fingerprint density at radius 1 is 1.00 bits per heavy atom. The average molecular weight is 368 g/mol. The van der Waals surface area contributed by atoms with Gasteiger partial charge in [0.25, 0.3) is 5.91 Å². The maximum absolute atomic E-state index is 13.2. The minimum atomic E-state index is -0.0820. The first kappa shape index (κ1) is 17.1. The van der Waals surface area contributed by atoms with Gasteiger partial charge in [-0.05, 0) is 69.1 Å². The third-order valence-electron chi connectivity index (χ3n) is 7.42. The lowest BCUT2D eigenvalue weighted by Gasteiger charge is -2.56. The third-order valence-corrected chi connectivity index (χ3v) is 7.42. The minimum absolute atomic E-state index is 0.0611. The number of hydrogen-bond donors (Lipinski definition) is 1. The Balaban J connectivity index is 1.18. The van der Waals surface area contributed by atoms with Crippen LogP contribution in [0.1, 0.15) is 61.9 Å². The van der Waals surface area contributed by atoms with Crippen LogP contribution in [0.2, 0.25) is 0 Å². The predicted octanol–water partition coefficient (Wildman–Crippen LogP) is 2.41. The Hall–Kier alpha value is -1.98. The van der Waals surface area contributed by atoms with E-state index in [2.05, 4.69) is 15.3 Å². The summed E-state index contributed by atoms with van der Waals surface area (Å²) in [4.78, 5) is 35.6. The largest absolute Gasteiger partial charge is 0.353 e. The summed E-state index contributed by atoms with van der Waals surface area (Å²) in [5.41, 5.74) is 0.315. The standard InChI is InChI=1S/C21H28N4O2/c26-19(18-13-22-3-4-23-18)25-5-1-17(2-6-25)24-20(27)21-10-14-7-15(11-21)9-16(8-14)12-21/h3-4,13-17H,1-2,5-12H2,(H,24,27). The Bertz CT molecular complexity index is 692. The van der Waals surface area contributed by atoms with Gasteiger partial charge in [-0.2, -0.15) is 0 Å². The summed E-state index contributed by atoms with van der Waals surface area (Å²) in [6.07, 6.45) is 13.7. The van der Waals surface area contributed by atoms with E-state index in [0.29, 0.717) is 24.7 Å². The van der Waals surface area contributed by atoms with Crippen LogP contribution in [0.25, 0.3) is 0 Å². The van der Waals surface area contributed by atoms with Crippen molar-refractivity contribution in [3.63, 3.8) is 0 Å². The van der Waals surface area contributed by atoms with Crippen LogP contribution in [0.4, 0.5) is 0 Å². The molecule has 1 N–H and O–H groups in total. The second kappa shape index (κ2) is 6.57. The van der Waals surface area contributed by atoms with Crippen molar-refractivity contribution in [2.24, 2.45) is 23.2 Å². The predicted molar refractivity (Wildman–Crippen MR) is 99.7 cm³/mol. The number of carbonyl (C=O) groups is 2. The lowest BCUT2D eigenvalue weighted by Crippen LogP contribution is -2.56. The van der Waals surface area contributed by atoms with E-state index in [0.717, 1.165) is 49.9 Å². The molecule has 1 aliphatic heterocycles. The number of carbonyl (C=O) groups excluding carboxylic acids is 2. The van der Waals surface area contributed by atoms with E-state index >= 15 is 0 Å². The molecule has 1 aromatic heterocycles. The highest BCUT2D eigenvalue weighted by atomic mass is 16.2. The van der Waals surface area contributed by atoms with E-state index in [1.54, 1.807) is 12.4 Å². The van der Waals surface area contributed by atoms with E-state index in [-0.39, 0.29) is 17.4 Å². The maximum Gasteiger partial charge on any atom is 0.274 e. The van der Waals surface area contributed by atoms with E-state index in [4.69, 9.17) is 0 Å². The summed E-state index contributed by atoms with van der Waals surface area (Å²) in [6, 6.07) is 0.191. The lowest BCUT2D eigenvalue weighted by molar-refractivity contribution is -0.147. The highest BCUT2D eigenvalue weighted by Crippen LogP contribution is 2.60. The van der Waals surface area contributed by atoms with Gasteiger partial charge in [-0.1, -0.05) is 0 Å². The monoisotopic (exact) mass is 368 g/mol. The van der Waals surface area contributed by atoms with Crippen LogP contribution in [0.15, 0.2) is 18.6 Å². The van der Waals surface area contributed by atoms with Crippen molar-refractivity contribution in [3.8, 4) is 0 Å². The molecule has 4 aliphatic carbocycles. The second-order valence-corrected chi connectivity index (χ2v) is 9.33. The van der Waals surface area contributed by atoms with Crippen molar-refractivity contribution < 1.29 is 9.59 Å². The van der Waals surface area contributed by atoms with E-state index in [1.807, 2.05) is 4.90 Å². The van der Waals surface area contributed by atoms with Gasteiger partial charge in [-0.25, -0.2) is 4.98 Å². The molecule has 6 nitrogen and oxygen atoms in total. The van der Waals surface area contributed by atoms with Gasteiger partial charge in [-0.3, -0.25) is 14.6 Å². The molecule has 6 heteroatoms. The van der Waals surface area contributed by atoms with Crippen LogP contribution in [-0.4, -0.2) is 45.8 Å². The summed E-state index contributed by atoms with van der Waals surface area (Å²) >= 11 is 0. The number of rotatable bonds is 3. The van der Waals surface area contributed by atoms with Crippen LogP contribution in [0.3, 0.4) is 0 Å². The van der Waals surface area contributed by atoms with Crippen LogP contribution in [-0.2, 0) is 4.79 Å². The highest BCUT2D eigenvalue weighted by Gasteiger charge is 2.54. The smallest absolute Gasteiger partial charge is 0.274 e. The van der Waals surface area contributed by atoms with Crippen molar-refractivity contribution >= 4 is 11.8 Å². The fourth-order valence-electron chi connectivity index (χ4n) is 6.53. The normalized spacial score (nSPS) is 35.3. The molecule has 0 spiro atoms. The molecule has 2 amide bonds. The molecule has 1 saturated heterocycles. The Morgan fingerprint density at radius 2 is 1.63 bits per heavy atom. The van der Waals surface area contributed by atoms with Crippen molar-refractivity contribution in [2.75, 3.05) is 13.1 Å². The van der Waals surface area contributed by atoms with Crippen molar-refractivity contribution in [1.29, 1.82) is 0 Å². The number of piperidine rings is 1. The molecule has 5 fully saturated rings. The summed E-state index contributed by atoms with van der Waals surface area (Å²) in [5.74, 6) is 2.60. The van der Waals surface area contributed by atoms with Crippen LogP contribution < -0.4 is 5.32 Å². The number of nitrogens with one attached hydrogen (secondary N) is 1. The van der Waals surface area contributed by atoms with Gasteiger partial charge in [0.2, 0.25) is 5.91 Å². The van der Waals surface area contributed by atoms with Gasteiger partial charge in [-0.15, -0.1) is 0 Å². The zero-order valence-electron chi connectivity index (χ0n) is 15.8. The Morgan fingerprint density at radius 3 is 2.19 bits per heavy atom. The van der Waals surface area contributed by atoms with Crippen molar-refractivity contribution in [1.82, 2.24) is 20.2 Å². The highest BCUT2D eigenvalue weighted by molar-refractivity contribution is 5.92. The van der Waals surface area contributed by atoms with Crippen LogP contribution in [0.5, 0.6) is 0 Å². The molecule has 4 bridgehead atoms. The molecular weight excluding hydrogens is 340 g/mol. The molecule has 144 valence electrons. The zero-order valence-corrected chi connectivity index (χ0v) is 15.8. The second-order valence-electron chi connectivity index (χ2n) is 9.33. The van der Waals surface area contributed by atoms with Crippen LogP contribution >= 0.6 is 0 Å². The Labute approximate surface area is 160 Å². The Kier molecular flexibility index (Phi) is 4.17. The van der Waals surface area contributed by atoms with Gasteiger partial charge in [0.05, 0.1) is 6.20 Å². The summed E-state index contributed by atoms with van der Waals surface area (Å²) in [7, 11) is 0. The molecule has 0 atom stereocenters. The van der Waals surface area contributed by atoms with Gasteiger partial charge < -0.3 is 10.2 Å². The maximum atomic E-state index is 13.2. The molecule has 0 unspecified atom stereocenters. The van der Waals surface area contributed by atoms with Gasteiger partial charge >= 0.3 is 0 Å². The van der Waals surface area contributed by atoms with E-state index in [1.165, 1.54) is 25.5 Å². The van der Waals surface area contributed by atoms with E-state index in [9.17, 15) is 9.59 Å². The van der Waals surface area contributed by atoms with E-state index < -0.39 is 0 Å². The number of aromatic nitrogens is 2. The fourth-order valence-corrected chi connectivity index (χ4v) is 6.53. The molecule has 0 aromatic carbocycles. The number of nitrogens with zero attached hydrogens (tertiary/aromatic N) is 3. The number of likely N-dealkylation sites (tertiary alicyclic amines) is 1. The zero-order chi connectivity index (χ0) is 18.4. The van der Waals surface area contributed by atoms with Gasteiger partial charge in [0.1, 0.15) is 5.69 Å². The molecule has 5 aliphatic rings. The molecule has 1 aromatic rings. The first-order valence-electron chi connectivity index (χ1n) is 10.5. The molecule has 2 heterocycles. The minimum Gasteiger partial charge on any atom is -0.353 e. The molecular formula is C21H28N4O2. The first-order chi connectivity index (χ1) is 13.1. The lowest BCUT2D eigenvalue weighted by atomic mass is 9.49. The van der Waals surface area contributed by atoms with Crippen LogP contribution in [0, 0.1) is 23.2 Å². The summed E-state index contributed by atoms with van der Waals surface area (Å²) < 4.78 is 0. The molecule has 6 rings (SSSR count). The summed E-state index contributed by atoms with van der Waals surface area (Å²) in [5, 5.41) is 3.37. The van der Waals surface area contributed by atoms with Gasteiger partial charge in [0.15, 0.2) is 0 Å². The SMILES string of the molecule is O=C(c1cnccn1)N1CCC(NC(=O)C23CC4CC(CC(C4)C2)C3)CC1. The number of amides is 2. The fraction of sp³-hybridized carbons (Fsp3) is 0.714. The molecule has 4 saturated carbocycles. The molecule has 0 radical (unpaired) electrons. The van der Waals surface area contributed by atoms with Gasteiger partial charge in [0, 0.05) is 36.9 Å². The number of hydrogen-bond acceptors (Lipinski definition) is 4. The van der Waals surface area contributed by atoms with Crippen molar-refractivity contribution in [2.45, 2.75) is 57.4 Å². The molecule has 27 heavy (non-hydrogen) atoms. The summed E-state index contributed by atoms with van der Waals surface area (Å²) in [6.45, 7) is 1.34. The first-order valence-corrected chi connectivity index (χ1v) is 10.5. The third kappa shape index (κ3) is 3.13.